The Hall–Kier alpha value is -1.84. The van der Waals surface area contributed by atoms with Crippen LogP contribution in [0.5, 0.6) is 0 Å². The molecule has 0 saturated heterocycles. The molecule has 2 aromatic rings. The highest BCUT2D eigenvalue weighted by Crippen LogP contribution is 2.26. The second-order valence-corrected chi connectivity index (χ2v) is 5.82. The largest absolute Gasteiger partial charge is 0.367 e. The van der Waals surface area contributed by atoms with Gasteiger partial charge in [-0.1, -0.05) is 38.3 Å². The summed E-state index contributed by atoms with van der Waals surface area (Å²) in [6, 6.07) is 8.80. The molecular formula is C17H24N4. The first-order valence-electron chi connectivity index (χ1n) is 8.14. The molecule has 1 heterocycles. The number of aromatic nitrogens is 2. The van der Waals surface area contributed by atoms with E-state index in [1.54, 1.807) is 0 Å². The van der Waals surface area contributed by atoms with Crippen LogP contribution in [0.3, 0.4) is 0 Å². The van der Waals surface area contributed by atoms with Crippen LogP contribution < -0.4 is 10.6 Å². The Bertz CT molecular complexity index is 590. The lowest BCUT2D eigenvalue weighted by atomic mass is 10.2. The number of anilines is 2. The fourth-order valence-corrected chi connectivity index (χ4v) is 2.91. The number of rotatable bonds is 6. The Morgan fingerprint density at radius 3 is 2.76 bits per heavy atom. The van der Waals surface area contributed by atoms with Gasteiger partial charge in [0, 0.05) is 18.0 Å². The standard InChI is InChI=1S/C17H24N4/c1-2-3-12-18-17-20-15-11-7-6-10-14(15)16(21-17)19-13-8-4-5-9-13/h6-7,10-11,13H,2-5,8-9,12H2,1H3,(H2,18,19,20,21). The van der Waals surface area contributed by atoms with Gasteiger partial charge in [-0.3, -0.25) is 0 Å². The average Bonchev–Trinajstić information content (AvgIpc) is 3.01. The number of hydrogen-bond donors (Lipinski definition) is 2. The minimum absolute atomic E-state index is 0.562. The minimum Gasteiger partial charge on any atom is -0.367 e. The van der Waals surface area contributed by atoms with Gasteiger partial charge in [0.25, 0.3) is 0 Å². The monoisotopic (exact) mass is 284 g/mol. The summed E-state index contributed by atoms with van der Waals surface area (Å²) in [4.78, 5) is 9.32. The van der Waals surface area contributed by atoms with E-state index in [4.69, 9.17) is 4.98 Å². The van der Waals surface area contributed by atoms with Crippen molar-refractivity contribution in [2.45, 2.75) is 51.5 Å². The van der Waals surface area contributed by atoms with E-state index >= 15 is 0 Å². The molecule has 4 nitrogen and oxygen atoms in total. The van der Waals surface area contributed by atoms with Crippen LogP contribution in [-0.4, -0.2) is 22.6 Å². The van der Waals surface area contributed by atoms with Crippen molar-refractivity contribution in [3.05, 3.63) is 24.3 Å². The van der Waals surface area contributed by atoms with E-state index in [0.717, 1.165) is 35.6 Å². The highest BCUT2D eigenvalue weighted by atomic mass is 15.1. The fourth-order valence-electron chi connectivity index (χ4n) is 2.91. The van der Waals surface area contributed by atoms with Crippen LogP contribution in [0.2, 0.25) is 0 Å². The minimum atomic E-state index is 0.562. The van der Waals surface area contributed by atoms with Crippen molar-refractivity contribution in [2.75, 3.05) is 17.2 Å². The molecule has 0 spiro atoms. The van der Waals surface area contributed by atoms with Gasteiger partial charge in [0.1, 0.15) is 5.82 Å². The van der Waals surface area contributed by atoms with Crippen LogP contribution in [0.25, 0.3) is 10.9 Å². The highest BCUT2D eigenvalue weighted by molar-refractivity contribution is 5.90. The van der Waals surface area contributed by atoms with Crippen molar-refractivity contribution in [3.8, 4) is 0 Å². The number of para-hydroxylation sites is 1. The number of benzene rings is 1. The van der Waals surface area contributed by atoms with Gasteiger partial charge in [0.2, 0.25) is 5.95 Å². The second kappa shape index (κ2) is 6.74. The van der Waals surface area contributed by atoms with Crippen molar-refractivity contribution < 1.29 is 0 Å². The third-order valence-electron chi connectivity index (χ3n) is 4.11. The Labute approximate surface area is 126 Å². The number of nitrogens with one attached hydrogen (secondary N) is 2. The zero-order valence-corrected chi connectivity index (χ0v) is 12.7. The zero-order valence-electron chi connectivity index (χ0n) is 12.7. The number of fused-ring (bicyclic) bond motifs is 1. The average molecular weight is 284 g/mol. The molecule has 0 atom stereocenters. The van der Waals surface area contributed by atoms with Crippen LogP contribution in [0.15, 0.2) is 24.3 Å². The van der Waals surface area contributed by atoms with Gasteiger partial charge >= 0.3 is 0 Å². The SMILES string of the molecule is CCCCNc1nc(NC2CCCC2)c2ccccc2n1. The van der Waals surface area contributed by atoms with Crippen LogP contribution in [0.1, 0.15) is 45.4 Å². The lowest BCUT2D eigenvalue weighted by Gasteiger charge is -2.16. The van der Waals surface area contributed by atoms with E-state index in [-0.39, 0.29) is 0 Å². The molecule has 4 heteroatoms. The van der Waals surface area contributed by atoms with Crippen molar-refractivity contribution in [1.29, 1.82) is 0 Å². The summed E-state index contributed by atoms with van der Waals surface area (Å²) in [6.07, 6.45) is 7.45. The first kappa shape index (κ1) is 14.1. The van der Waals surface area contributed by atoms with Gasteiger partial charge in [-0.2, -0.15) is 4.98 Å². The molecule has 0 aliphatic heterocycles. The molecule has 3 rings (SSSR count). The lowest BCUT2D eigenvalue weighted by molar-refractivity contribution is 0.751. The molecule has 1 saturated carbocycles. The maximum Gasteiger partial charge on any atom is 0.225 e. The molecule has 0 radical (unpaired) electrons. The summed E-state index contributed by atoms with van der Waals surface area (Å²) in [5.41, 5.74) is 1.01. The molecule has 0 unspecified atom stereocenters. The summed E-state index contributed by atoms with van der Waals surface area (Å²) in [5.74, 6) is 1.72. The Balaban J connectivity index is 1.87. The van der Waals surface area contributed by atoms with Crippen LogP contribution in [0.4, 0.5) is 11.8 Å². The summed E-state index contributed by atoms with van der Waals surface area (Å²) in [6.45, 7) is 3.12. The topological polar surface area (TPSA) is 49.8 Å². The summed E-state index contributed by atoms with van der Waals surface area (Å²) < 4.78 is 0. The van der Waals surface area contributed by atoms with Gasteiger partial charge in [-0.15, -0.1) is 0 Å². The van der Waals surface area contributed by atoms with Crippen LogP contribution in [-0.2, 0) is 0 Å². The zero-order chi connectivity index (χ0) is 14.5. The van der Waals surface area contributed by atoms with Crippen LogP contribution in [0, 0.1) is 0 Å². The van der Waals surface area contributed by atoms with Gasteiger partial charge < -0.3 is 10.6 Å². The molecular weight excluding hydrogens is 260 g/mol. The molecule has 2 N–H and O–H groups in total. The summed E-state index contributed by atoms with van der Waals surface area (Å²) >= 11 is 0. The predicted molar refractivity (Wildman–Crippen MR) is 88.8 cm³/mol. The van der Waals surface area contributed by atoms with Crippen molar-refractivity contribution in [2.24, 2.45) is 0 Å². The smallest absolute Gasteiger partial charge is 0.225 e. The maximum absolute atomic E-state index is 4.70. The molecule has 0 bridgehead atoms. The van der Waals surface area contributed by atoms with E-state index in [0.29, 0.717) is 6.04 Å². The normalized spacial score (nSPS) is 15.5. The first-order chi connectivity index (χ1) is 10.4. The predicted octanol–water partition coefficient (Wildman–Crippen LogP) is 4.20. The highest BCUT2D eigenvalue weighted by Gasteiger charge is 2.17. The van der Waals surface area contributed by atoms with Crippen molar-refractivity contribution >= 4 is 22.7 Å². The lowest BCUT2D eigenvalue weighted by Crippen LogP contribution is -2.17. The molecule has 1 aromatic heterocycles. The third-order valence-corrected chi connectivity index (χ3v) is 4.11. The fraction of sp³-hybridized carbons (Fsp3) is 0.529. The molecule has 1 fully saturated rings. The number of hydrogen-bond acceptors (Lipinski definition) is 4. The molecule has 112 valence electrons. The second-order valence-electron chi connectivity index (χ2n) is 5.82. The number of unbranched alkanes of at least 4 members (excludes halogenated alkanes) is 1. The number of nitrogens with zero attached hydrogens (tertiary/aromatic N) is 2. The van der Waals surface area contributed by atoms with Crippen LogP contribution >= 0.6 is 0 Å². The van der Waals surface area contributed by atoms with E-state index in [2.05, 4.69) is 40.7 Å². The van der Waals surface area contributed by atoms with Gasteiger partial charge in [0.15, 0.2) is 0 Å². The first-order valence-corrected chi connectivity index (χ1v) is 8.14. The molecule has 1 aliphatic rings. The van der Waals surface area contributed by atoms with Gasteiger partial charge in [0.05, 0.1) is 5.52 Å². The van der Waals surface area contributed by atoms with E-state index in [1.807, 2.05) is 6.07 Å². The quantitative estimate of drug-likeness (QED) is 0.781. The van der Waals surface area contributed by atoms with Crippen molar-refractivity contribution in [1.82, 2.24) is 9.97 Å². The maximum atomic E-state index is 4.70. The Morgan fingerprint density at radius 1 is 1.14 bits per heavy atom. The van der Waals surface area contributed by atoms with E-state index in [1.165, 1.54) is 32.1 Å². The molecule has 21 heavy (non-hydrogen) atoms. The Kier molecular flexibility index (Phi) is 4.53. The van der Waals surface area contributed by atoms with E-state index < -0.39 is 0 Å². The Morgan fingerprint density at radius 2 is 1.95 bits per heavy atom. The molecule has 1 aliphatic carbocycles. The molecule has 0 amide bonds. The van der Waals surface area contributed by atoms with Gasteiger partial charge in [-0.25, -0.2) is 4.98 Å². The van der Waals surface area contributed by atoms with E-state index in [9.17, 15) is 0 Å². The van der Waals surface area contributed by atoms with Gasteiger partial charge in [-0.05, 0) is 31.4 Å². The summed E-state index contributed by atoms with van der Waals surface area (Å²) in [5, 5.41) is 8.08. The molecule has 1 aromatic carbocycles. The third kappa shape index (κ3) is 3.43. The summed E-state index contributed by atoms with van der Waals surface area (Å²) in [7, 11) is 0. The van der Waals surface area contributed by atoms with Crippen molar-refractivity contribution in [3.63, 3.8) is 0 Å².